The molecule has 0 saturated heterocycles. The van der Waals surface area contributed by atoms with Gasteiger partial charge in [0.2, 0.25) is 0 Å². The number of nitrogens with two attached hydrogens (primary N) is 2. The SMILES string of the molecule is Nc1cc(N)c(C2C3CC4CC(C3)CC2C4)c(C=Cc2ccccc2)c1. The van der Waals surface area contributed by atoms with Gasteiger partial charge in [0, 0.05) is 11.4 Å². The fourth-order valence-electron chi connectivity index (χ4n) is 6.39. The first-order valence-electron chi connectivity index (χ1n) is 10.1. The third-order valence-corrected chi connectivity index (χ3v) is 7.08. The molecule has 6 rings (SSSR count). The molecule has 134 valence electrons. The van der Waals surface area contributed by atoms with Crippen molar-refractivity contribution in [2.45, 2.75) is 38.0 Å². The number of anilines is 2. The molecule has 0 aromatic heterocycles. The van der Waals surface area contributed by atoms with Crippen molar-refractivity contribution in [2.75, 3.05) is 11.5 Å². The van der Waals surface area contributed by atoms with Crippen molar-refractivity contribution in [3.8, 4) is 0 Å². The lowest BCUT2D eigenvalue weighted by Gasteiger charge is -2.55. The summed E-state index contributed by atoms with van der Waals surface area (Å²) in [6, 6.07) is 14.6. The molecule has 0 amide bonds. The molecule has 2 heteroatoms. The molecule has 4 aliphatic carbocycles. The second-order valence-corrected chi connectivity index (χ2v) is 8.81. The van der Waals surface area contributed by atoms with Gasteiger partial charge >= 0.3 is 0 Å². The Morgan fingerprint density at radius 3 is 2.08 bits per heavy atom. The maximum atomic E-state index is 6.56. The van der Waals surface area contributed by atoms with E-state index in [0.717, 1.165) is 35.0 Å². The molecule has 26 heavy (non-hydrogen) atoms. The number of hydrogen-bond donors (Lipinski definition) is 2. The summed E-state index contributed by atoms with van der Waals surface area (Å²) in [5, 5.41) is 0. The summed E-state index contributed by atoms with van der Waals surface area (Å²) in [6.07, 6.45) is 11.5. The predicted molar refractivity (Wildman–Crippen MR) is 110 cm³/mol. The van der Waals surface area contributed by atoms with Gasteiger partial charge < -0.3 is 11.5 Å². The van der Waals surface area contributed by atoms with Crippen molar-refractivity contribution in [1.29, 1.82) is 0 Å². The monoisotopic (exact) mass is 344 g/mol. The first-order chi connectivity index (χ1) is 12.7. The van der Waals surface area contributed by atoms with Crippen LogP contribution in [0.2, 0.25) is 0 Å². The van der Waals surface area contributed by atoms with Crippen LogP contribution < -0.4 is 11.5 Å². The summed E-state index contributed by atoms with van der Waals surface area (Å²) in [5.41, 5.74) is 18.2. The quantitative estimate of drug-likeness (QED) is 0.565. The van der Waals surface area contributed by atoms with Gasteiger partial charge in [-0.15, -0.1) is 0 Å². The normalized spacial score (nSPS) is 32.4. The number of hydrogen-bond acceptors (Lipinski definition) is 2. The molecule has 0 spiro atoms. The summed E-state index contributed by atoms with van der Waals surface area (Å²) < 4.78 is 0. The smallest absolute Gasteiger partial charge is 0.0376 e. The van der Waals surface area contributed by atoms with Crippen LogP contribution >= 0.6 is 0 Å². The molecule has 2 aromatic carbocycles. The van der Waals surface area contributed by atoms with E-state index in [-0.39, 0.29) is 0 Å². The maximum absolute atomic E-state index is 6.56. The molecule has 4 saturated carbocycles. The zero-order chi connectivity index (χ0) is 17.7. The highest BCUT2D eigenvalue weighted by atomic mass is 14.6. The van der Waals surface area contributed by atoms with Crippen molar-refractivity contribution in [2.24, 2.45) is 23.7 Å². The van der Waals surface area contributed by atoms with E-state index in [1.54, 1.807) is 0 Å². The zero-order valence-electron chi connectivity index (χ0n) is 15.3. The lowest BCUT2D eigenvalue weighted by atomic mass is 9.50. The van der Waals surface area contributed by atoms with Crippen LogP contribution in [0.4, 0.5) is 11.4 Å². The van der Waals surface area contributed by atoms with Crippen molar-refractivity contribution in [3.05, 3.63) is 59.2 Å². The molecule has 0 unspecified atom stereocenters. The van der Waals surface area contributed by atoms with E-state index in [9.17, 15) is 0 Å². The van der Waals surface area contributed by atoms with E-state index < -0.39 is 0 Å². The van der Waals surface area contributed by atoms with Crippen LogP contribution in [0.5, 0.6) is 0 Å². The fourth-order valence-corrected chi connectivity index (χ4v) is 6.39. The van der Waals surface area contributed by atoms with Crippen LogP contribution in [0.25, 0.3) is 12.2 Å². The molecule has 2 nitrogen and oxygen atoms in total. The van der Waals surface area contributed by atoms with Crippen LogP contribution in [-0.4, -0.2) is 0 Å². The molecule has 2 aromatic rings. The minimum atomic E-state index is 0.624. The van der Waals surface area contributed by atoms with E-state index in [1.165, 1.54) is 48.8 Å². The van der Waals surface area contributed by atoms with Gasteiger partial charge in [0.05, 0.1) is 0 Å². The molecule has 4 N–H and O–H groups in total. The van der Waals surface area contributed by atoms with Crippen LogP contribution in [-0.2, 0) is 0 Å². The molecule has 4 fully saturated rings. The Morgan fingerprint density at radius 2 is 1.42 bits per heavy atom. The van der Waals surface area contributed by atoms with Gasteiger partial charge in [-0.2, -0.15) is 0 Å². The average molecular weight is 345 g/mol. The molecule has 4 aliphatic rings. The van der Waals surface area contributed by atoms with Gasteiger partial charge in [-0.1, -0.05) is 42.5 Å². The number of rotatable bonds is 3. The van der Waals surface area contributed by atoms with E-state index in [4.69, 9.17) is 11.5 Å². The van der Waals surface area contributed by atoms with Crippen LogP contribution in [0.3, 0.4) is 0 Å². The third-order valence-electron chi connectivity index (χ3n) is 7.08. The van der Waals surface area contributed by atoms with Gasteiger partial charge in [0.25, 0.3) is 0 Å². The number of nitrogen functional groups attached to an aromatic ring is 2. The summed E-state index contributed by atoms with van der Waals surface area (Å²) in [5.74, 6) is 4.22. The van der Waals surface area contributed by atoms with Crippen molar-refractivity contribution < 1.29 is 0 Å². The van der Waals surface area contributed by atoms with Gasteiger partial charge in [0.15, 0.2) is 0 Å². The summed E-state index contributed by atoms with van der Waals surface area (Å²) >= 11 is 0. The number of benzene rings is 2. The fraction of sp³-hybridized carbons (Fsp3) is 0.417. The minimum absolute atomic E-state index is 0.624. The predicted octanol–water partition coefficient (Wildman–Crippen LogP) is 5.56. The highest BCUT2D eigenvalue weighted by Gasteiger charge is 2.49. The molecular formula is C24H28N2. The van der Waals surface area contributed by atoms with Gasteiger partial charge in [-0.25, -0.2) is 0 Å². The van der Waals surface area contributed by atoms with Crippen LogP contribution in [0, 0.1) is 23.7 Å². The lowest BCUT2D eigenvalue weighted by Crippen LogP contribution is -2.44. The Hall–Kier alpha value is -2.22. The standard InChI is InChI=1S/C24H28N2/c25-21-13-18(7-6-15-4-2-1-3-5-15)24(22(26)14-21)23-19-9-16-8-17(11-19)12-20(23)10-16/h1-7,13-14,16-17,19-20,23H,8-12,25-26H2. The van der Waals surface area contributed by atoms with Crippen molar-refractivity contribution in [3.63, 3.8) is 0 Å². The van der Waals surface area contributed by atoms with E-state index in [0.29, 0.717) is 5.92 Å². The Bertz CT molecular complexity index is 809. The maximum Gasteiger partial charge on any atom is 0.0376 e. The molecule has 4 bridgehead atoms. The van der Waals surface area contributed by atoms with Gasteiger partial charge in [0.1, 0.15) is 0 Å². The third kappa shape index (κ3) is 2.72. The van der Waals surface area contributed by atoms with Crippen LogP contribution in [0.1, 0.15) is 54.7 Å². The summed E-state index contributed by atoms with van der Waals surface area (Å²) in [6.45, 7) is 0. The Kier molecular flexibility index (Phi) is 3.81. The largest absolute Gasteiger partial charge is 0.399 e. The Labute approximate surface area is 156 Å². The molecule has 0 aliphatic heterocycles. The molecular weight excluding hydrogens is 316 g/mol. The molecule has 0 radical (unpaired) electrons. The topological polar surface area (TPSA) is 52.0 Å². The Balaban J connectivity index is 1.55. The highest BCUT2D eigenvalue weighted by Crippen LogP contribution is 2.61. The molecule has 0 atom stereocenters. The van der Waals surface area contributed by atoms with Gasteiger partial charge in [-0.05, 0) is 90.5 Å². The van der Waals surface area contributed by atoms with Crippen molar-refractivity contribution in [1.82, 2.24) is 0 Å². The second kappa shape index (κ2) is 6.19. The summed E-state index contributed by atoms with van der Waals surface area (Å²) in [7, 11) is 0. The van der Waals surface area contributed by atoms with Crippen LogP contribution in [0.15, 0.2) is 42.5 Å². The van der Waals surface area contributed by atoms with E-state index >= 15 is 0 Å². The van der Waals surface area contributed by atoms with Crippen molar-refractivity contribution >= 4 is 23.5 Å². The van der Waals surface area contributed by atoms with E-state index in [2.05, 4.69) is 48.6 Å². The minimum Gasteiger partial charge on any atom is -0.399 e. The Morgan fingerprint density at radius 1 is 0.769 bits per heavy atom. The van der Waals surface area contributed by atoms with E-state index in [1.807, 2.05) is 6.07 Å². The summed E-state index contributed by atoms with van der Waals surface area (Å²) in [4.78, 5) is 0. The molecule has 0 heterocycles. The highest BCUT2D eigenvalue weighted by molar-refractivity contribution is 5.77. The zero-order valence-corrected chi connectivity index (χ0v) is 15.3. The first kappa shape index (κ1) is 16.0. The van der Waals surface area contributed by atoms with Gasteiger partial charge in [-0.3, -0.25) is 0 Å². The average Bonchev–Trinajstić information content (AvgIpc) is 2.61. The second-order valence-electron chi connectivity index (χ2n) is 8.81. The first-order valence-corrected chi connectivity index (χ1v) is 10.1. The lowest BCUT2D eigenvalue weighted by molar-refractivity contribution is -0.00260.